The molecule has 0 unspecified atom stereocenters. The highest BCUT2D eigenvalue weighted by Gasteiger charge is 2.27. The van der Waals surface area contributed by atoms with Gasteiger partial charge in [-0.1, -0.05) is 97.1 Å². The first-order chi connectivity index (χ1) is 20.4. The zero-order valence-electron chi connectivity index (χ0n) is 22.4. The van der Waals surface area contributed by atoms with Crippen LogP contribution in [0.5, 0.6) is 0 Å². The lowest BCUT2D eigenvalue weighted by molar-refractivity contribution is 0.513. The maximum atomic E-state index is 6.75. The van der Waals surface area contributed by atoms with Gasteiger partial charge in [-0.2, -0.15) is 0 Å². The van der Waals surface area contributed by atoms with E-state index in [1.165, 1.54) is 55.0 Å². The summed E-state index contributed by atoms with van der Waals surface area (Å²) in [6.07, 6.45) is 14.9. The molecule has 2 aliphatic rings. The fraction of sp³-hybridized carbons (Fsp3) is 0.0526. The number of benzene rings is 4. The maximum absolute atomic E-state index is 6.75. The van der Waals surface area contributed by atoms with E-state index in [1.807, 2.05) is 0 Å². The topological polar surface area (TPSA) is 23.0 Å². The third-order valence-corrected chi connectivity index (χ3v) is 8.60. The second-order valence-corrected chi connectivity index (χ2v) is 10.8. The molecule has 3 aromatic heterocycles. The zero-order chi connectivity index (χ0) is 26.9. The molecule has 0 N–H and O–H groups in total. The Hall–Kier alpha value is -5.28. The van der Waals surface area contributed by atoms with Crippen LogP contribution in [-0.2, 0) is 6.42 Å². The number of aromatic nitrogens is 2. The Morgan fingerprint density at radius 1 is 0.585 bits per heavy atom. The van der Waals surface area contributed by atoms with Crippen LogP contribution in [0.1, 0.15) is 29.1 Å². The molecule has 0 atom stereocenters. The normalized spacial score (nSPS) is 14.7. The van der Waals surface area contributed by atoms with Crippen LogP contribution in [0.15, 0.2) is 126 Å². The summed E-state index contributed by atoms with van der Waals surface area (Å²) < 4.78 is 11.6. The molecule has 3 heteroatoms. The molecule has 0 saturated carbocycles. The second kappa shape index (κ2) is 8.61. The molecule has 41 heavy (non-hydrogen) atoms. The molecule has 9 rings (SSSR count). The summed E-state index contributed by atoms with van der Waals surface area (Å²) in [5, 5.41) is 5.07. The van der Waals surface area contributed by atoms with Crippen molar-refractivity contribution in [1.29, 1.82) is 0 Å². The van der Waals surface area contributed by atoms with Gasteiger partial charge >= 0.3 is 0 Å². The molecular formula is C38H26N2O. The molecule has 0 radical (unpaired) electrons. The summed E-state index contributed by atoms with van der Waals surface area (Å²) in [6.45, 7) is 0. The van der Waals surface area contributed by atoms with Crippen LogP contribution in [0.4, 0.5) is 0 Å². The quantitative estimate of drug-likeness (QED) is 0.220. The Morgan fingerprint density at radius 3 is 1.71 bits per heavy atom. The smallest absolute Gasteiger partial charge is 0.136 e. The molecule has 7 aromatic rings. The van der Waals surface area contributed by atoms with Crippen molar-refractivity contribution >= 4 is 67.2 Å². The van der Waals surface area contributed by atoms with Gasteiger partial charge in [-0.15, -0.1) is 0 Å². The molecule has 4 aromatic carbocycles. The SMILES string of the molecule is C1=Cc2c(oc3c2C(n2c4ccccc4c4ccccc42)=CCC=C3)CC(n2c3ccccc3c3ccccc32)=C1. The van der Waals surface area contributed by atoms with Gasteiger partial charge < -0.3 is 13.6 Å². The van der Waals surface area contributed by atoms with Gasteiger partial charge in [0.15, 0.2) is 0 Å². The van der Waals surface area contributed by atoms with Gasteiger partial charge in [0.05, 0.1) is 33.3 Å². The van der Waals surface area contributed by atoms with E-state index in [-0.39, 0.29) is 0 Å². The van der Waals surface area contributed by atoms with Crippen molar-refractivity contribution in [3.05, 3.63) is 144 Å². The monoisotopic (exact) mass is 526 g/mol. The van der Waals surface area contributed by atoms with Crippen molar-refractivity contribution in [2.45, 2.75) is 12.8 Å². The highest BCUT2D eigenvalue weighted by molar-refractivity contribution is 6.12. The van der Waals surface area contributed by atoms with Crippen molar-refractivity contribution in [2.75, 3.05) is 0 Å². The van der Waals surface area contributed by atoms with Crippen LogP contribution in [0.3, 0.4) is 0 Å². The first kappa shape index (κ1) is 22.5. The number of fused-ring (bicyclic) bond motifs is 9. The van der Waals surface area contributed by atoms with Gasteiger partial charge in [0, 0.05) is 39.2 Å². The van der Waals surface area contributed by atoms with Crippen molar-refractivity contribution in [2.24, 2.45) is 0 Å². The van der Waals surface area contributed by atoms with Gasteiger partial charge in [-0.3, -0.25) is 0 Å². The molecule has 0 amide bonds. The Kier molecular flexibility index (Phi) is 4.73. The molecule has 2 aliphatic carbocycles. The molecule has 3 nitrogen and oxygen atoms in total. The average Bonchev–Trinajstić information content (AvgIpc) is 3.53. The molecule has 0 spiro atoms. The summed E-state index contributed by atoms with van der Waals surface area (Å²) in [7, 11) is 0. The lowest BCUT2D eigenvalue weighted by atomic mass is 10.0. The minimum Gasteiger partial charge on any atom is -0.460 e. The van der Waals surface area contributed by atoms with Gasteiger partial charge in [-0.05, 0) is 42.8 Å². The third kappa shape index (κ3) is 3.20. The first-order valence-electron chi connectivity index (χ1n) is 14.2. The minimum absolute atomic E-state index is 0.701. The summed E-state index contributed by atoms with van der Waals surface area (Å²) in [5.41, 5.74) is 9.56. The van der Waals surface area contributed by atoms with E-state index >= 15 is 0 Å². The van der Waals surface area contributed by atoms with Crippen LogP contribution in [0, 0.1) is 0 Å². The molecule has 0 bridgehead atoms. The van der Waals surface area contributed by atoms with Crippen molar-refractivity contribution in [3.63, 3.8) is 0 Å². The largest absolute Gasteiger partial charge is 0.460 e. The van der Waals surface area contributed by atoms with Gasteiger partial charge in [-0.25, -0.2) is 0 Å². The van der Waals surface area contributed by atoms with Gasteiger partial charge in [0.1, 0.15) is 11.5 Å². The Bertz CT molecular complexity index is 2200. The van der Waals surface area contributed by atoms with E-state index in [0.717, 1.165) is 29.1 Å². The highest BCUT2D eigenvalue weighted by atomic mass is 16.3. The molecule has 0 fully saturated rings. The van der Waals surface area contributed by atoms with Crippen molar-refractivity contribution in [3.8, 4) is 0 Å². The summed E-state index contributed by atoms with van der Waals surface area (Å²) in [6, 6.07) is 34.8. The Morgan fingerprint density at radius 2 is 1.12 bits per heavy atom. The lowest BCUT2D eigenvalue weighted by Crippen LogP contribution is -2.02. The molecule has 3 heterocycles. The average molecular weight is 527 g/mol. The van der Waals surface area contributed by atoms with Crippen LogP contribution < -0.4 is 0 Å². The van der Waals surface area contributed by atoms with E-state index in [0.29, 0.717) is 6.42 Å². The van der Waals surface area contributed by atoms with Crippen LogP contribution in [0.2, 0.25) is 0 Å². The van der Waals surface area contributed by atoms with E-state index in [2.05, 4.69) is 143 Å². The number of rotatable bonds is 2. The number of para-hydroxylation sites is 4. The molecule has 194 valence electrons. The fourth-order valence-electron chi connectivity index (χ4n) is 6.91. The number of furan rings is 1. The number of nitrogens with zero attached hydrogens (tertiary/aromatic N) is 2. The zero-order valence-corrected chi connectivity index (χ0v) is 22.4. The van der Waals surface area contributed by atoms with E-state index in [4.69, 9.17) is 4.42 Å². The van der Waals surface area contributed by atoms with Crippen molar-refractivity contribution < 1.29 is 4.42 Å². The predicted octanol–water partition coefficient (Wildman–Crippen LogP) is 9.91. The molecule has 0 saturated heterocycles. The number of hydrogen-bond donors (Lipinski definition) is 0. The van der Waals surface area contributed by atoms with Gasteiger partial charge in [0.25, 0.3) is 0 Å². The van der Waals surface area contributed by atoms with Crippen molar-refractivity contribution in [1.82, 2.24) is 9.13 Å². The van der Waals surface area contributed by atoms with E-state index in [9.17, 15) is 0 Å². The summed E-state index contributed by atoms with van der Waals surface area (Å²) >= 11 is 0. The maximum Gasteiger partial charge on any atom is 0.136 e. The third-order valence-electron chi connectivity index (χ3n) is 8.60. The summed E-state index contributed by atoms with van der Waals surface area (Å²) in [5.74, 6) is 1.92. The predicted molar refractivity (Wildman–Crippen MR) is 172 cm³/mol. The Labute approximate surface area is 237 Å². The molecule has 0 aliphatic heterocycles. The van der Waals surface area contributed by atoms with E-state index < -0.39 is 0 Å². The summed E-state index contributed by atoms with van der Waals surface area (Å²) in [4.78, 5) is 0. The van der Waals surface area contributed by atoms with Crippen LogP contribution in [-0.4, -0.2) is 9.13 Å². The van der Waals surface area contributed by atoms with Gasteiger partial charge in [0.2, 0.25) is 0 Å². The first-order valence-corrected chi connectivity index (χ1v) is 14.2. The molecular weight excluding hydrogens is 500 g/mol. The van der Waals surface area contributed by atoms with Crippen LogP contribution >= 0.6 is 0 Å². The van der Waals surface area contributed by atoms with Crippen LogP contribution in [0.25, 0.3) is 67.2 Å². The lowest BCUT2D eigenvalue weighted by Gasteiger charge is -2.13. The van der Waals surface area contributed by atoms with E-state index in [1.54, 1.807) is 0 Å². The fourth-order valence-corrected chi connectivity index (χ4v) is 6.91. The Balaban J connectivity index is 1.25. The second-order valence-electron chi connectivity index (χ2n) is 10.8. The standard InChI is InChI=1S/C38H26N2O/c1-5-18-31-26(13-1)27-14-2-6-19-32(27)39(31)25-12-11-17-30-37(24-25)41-36-23-10-9-22-35(38(30)36)40-33-20-7-3-15-28(33)29-16-4-8-21-34(29)40/h1-8,10-23H,9,24H2. The number of hydrogen-bond acceptors (Lipinski definition) is 1. The minimum atomic E-state index is 0.701. The number of allylic oxidation sites excluding steroid dienone is 5. The highest BCUT2D eigenvalue weighted by Crippen LogP contribution is 2.42.